The second-order valence-corrected chi connectivity index (χ2v) is 7.92. The van der Waals surface area contributed by atoms with E-state index in [0.29, 0.717) is 0 Å². The second kappa shape index (κ2) is 8.10. The molecule has 0 aliphatic heterocycles. The molecule has 0 amide bonds. The SMILES string of the molecule is Cc1c(F)c(F)c(CC(Cl)(C=C(Cl)C(F)(F)F)C(C)(C)CC(=O)O)c(F)c1F. The molecular formula is C17H15Cl2F7O2. The van der Waals surface area contributed by atoms with Crippen LogP contribution in [0.5, 0.6) is 0 Å². The molecule has 0 spiro atoms. The van der Waals surface area contributed by atoms with Crippen LogP contribution < -0.4 is 0 Å². The number of alkyl halides is 4. The van der Waals surface area contributed by atoms with Crippen molar-refractivity contribution in [1.29, 1.82) is 0 Å². The third-order valence-corrected chi connectivity index (χ3v) is 5.43. The molecule has 0 saturated heterocycles. The van der Waals surface area contributed by atoms with Crippen molar-refractivity contribution in [1.82, 2.24) is 0 Å². The van der Waals surface area contributed by atoms with Gasteiger partial charge in [-0.1, -0.05) is 25.4 Å². The molecule has 0 radical (unpaired) electrons. The van der Waals surface area contributed by atoms with Crippen LogP contribution >= 0.6 is 23.2 Å². The molecule has 158 valence electrons. The number of rotatable bonds is 6. The zero-order valence-electron chi connectivity index (χ0n) is 14.7. The van der Waals surface area contributed by atoms with Gasteiger partial charge in [0.1, 0.15) is 5.03 Å². The van der Waals surface area contributed by atoms with E-state index in [1.165, 1.54) is 0 Å². The molecule has 1 rings (SSSR count). The van der Waals surface area contributed by atoms with E-state index in [-0.39, 0.29) is 6.08 Å². The van der Waals surface area contributed by atoms with E-state index < -0.39 is 74.7 Å². The van der Waals surface area contributed by atoms with E-state index in [1.807, 2.05) is 0 Å². The minimum atomic E-state index is -5.10. The summed E-state index contributed by atoms with van der Waals surface area (Å²) in [5.41, 5.74) is -4.01. The number of carboxylic acids is 1. The number of allylic oxidation sites excluding steroid dienone is 2. The number of carbonyl (C=O) groups is 1. The Balaban J connectivity index is 3.71. The van der Waals surface area contributed by atoms with Crippen LogP contribution in [0.1, 0.15) is 31.4 Å². The van der Waals surface area contributed by atoms with Gasteiger partial charge in [0.15, 0.2) is 23.3 Å². The fourth-order valence-corrected chi connectivity index (χ4v) is 3.04. The van der Waals surface area contributed by atoms with E-state index in [4.69, 9.17) is 28.3 Å². The number of aliphatic carboxylic acids is 1. The predicted octanol–water partition coefficient (Wildman–Crippen LogP) is 6.26. The van der Waals surface area contributed by atoms with Crippen LogP contribution in [0.2, 0.25) is 0 Å². The van der Waals surface area contributed by atoms with Crippen LogP contribution in [0.3, 0.4) is 0 Å². The normalized spacial score (nSPS) is 15.5. The molecule has 0 saturated carbocycles. The summed E-state index contributed by atoms with van der Waals surface area (Å²) in [7, 11) is 0. The first-order chi connectivity index (χ1) is 12.4. The molecule has 28 heavy (non-hydrogen) atoms. The van der Waals surface area contributed by atoms with E-state index in [2.05, 4.69) is 0 Å². The fraction of sp³-hybridized carbons (Fsp3) is 0.471. The Morgan fingerprint density at radius 2 is 1.46 bits per heavy atom. The zero-order valence-corrected chi connectivity index (χ0v) is 16.3. The minimum Gasteiger partial charge on any atom is -0.481 e. The van der Waals surface area contributed by atoms with Gasteiger partial charge in [-0.25, -0.2) is 17.6 Å². The summed E-state index contributed by atoms with van der Waals surface area (Å²) in [5.74, 6) is -8.65. The first-order valence-electron chi connectivity index (χ1n) is 7.62. The van der Waals surface area contributed by atoms with Crippen LogP contribution in [0.25, 0.3) is 0 Å². The van der Waals surface area contributed by atoms with E-state index >= 15 is 0 Å². The van der Waals surface area contributed by atoms with Crippen LogP contribution in [0.4, 0.5) is 30.7 Å². The van der Waals surface area contributed by atoms with E-state index in [1.54, 1.807) is 0 Å². The topological polar surface area (TPSA) is 37.3 Å². The second-order valence-electron chi connectivity index (χ2n) is 6.84. The fourth-order valence-electron chi connectivity index (χ4n) is 2.49. The number of halogens is 9. The van der Waals surface area contributed by atoms with Crippen molar-refractivity contribution in [3.8, 4) is 0 Å². The van der Waals surface area contributed by atoms with Crippen LogP contribution in [0, 0.1) is 35.6 Å². The maximum Gasteiger partial charge on any atom is 0.426 e. The summed E-state index contributed by atoms with van der Waals surface area (Å²) in [6, 6.07) is 0. The molecule has 0 fully saturated rings. The van der Waals surface area contributed by atoms with Gasteiger partial charge >= 0.3 is 12.1 Å². The molecule has 1 atom stereocenters. The van der Waals surface area contributed by atoms with E-state index in [0.717, 1.165) is 20.8 Å². The largest absolute Gasteiger partial charge is 0.481 e. The van der Waals surface area contributed by atoms with Crippen molar-refractivity contribution in [2.75, 3.05) is 0 Å². The predicted molar refractivity (Wildman–Crippen MR) is 89.3 cm³/mol. The molecule has 0 aromatic heterocycles. The van der Waals surface area contributed by atoms with E-state index in [9.17, 15) is 35.5 Å². The first kappa shape index (κ1) is 24.6. The maximum absolute atomic E-state index is 14.2. The van der Waals surface area contributed by atoms with Gasteiger partial charge in [-0.15, -0.1) is 11.6 Å². The monoisotopic (exact) mass is 454 g/mol. The average molecular weight is 455 g/mol. The van der Waals surface area contributed by atoms with Crippen LogP contribution in [-0.2, 0) is 11.2 Å². The van der Waals surface area contributed by atoms with Gasteiger partial charge in [0.05, 0.1) is 11.3 Å². The quantitative estimate of drug-likeness (QED) is 0.313. The third-order valence-electron chi connectivity index (χ3n) is 4.35. The highest BCUT2D eigenvalue weighted by atomic mass is 35.5. The number of carboxylic acid groups (broad SMARTS) is 1. The number of benzene rings is 1. The molecule has 2 nitrogen and oxygen atoms in total. The molecule has 1 aromatic rings. The highest BCUT2D eigenvalue weighted by Gasteiger charge is 2.47. The summed E-state index contributed by atoms with van der Waals surface area (Å²) >= 11 is 11.4. The lowest BCUT2D eigenvalue weighted by molar-refractivity contribution is -0.139. The first-order valence-corrected chi connectivity index (χ1v) is 8.38. The minimum absolute atomic E-state index is 0.188. The molecule has 1 unspecified atom stereocenters. The average Bonchev–Trinajstić information content (AvgIpc) is 2.53. The summed E-state index contributed by atoms with van der Waals surface area (Å²) in [6.07, 6.45) is -6.95. The number of hydrogen-bond acceptors (Lipinski definition) is 1. The van der Waals surface area contributed by atoms with Crippen molar-refractivity contribution in [2.45, 2.75) is 44.7 Å². The molecular weight excluding hydrogens is 440 g/mol. The third kappa shape index (κ3) is 4.92. The Morgan fingerprint density at radius 1 is 1.04 bits per heavy atom. The summed E-state index contributed by atoms with van der Waals surface area (Å²) in [4.78, 5) is 8.62. The molecule has 0 heterocycles. The van der Waals surface area contributed by atoms with Gasteiger partial charge < -0.3 is 5.11 Å². The van der Waals surface area contributed by atoms with Crippen molar-refractivity contribution >= 4 is 29.2 Å². The van der Waals surface area contributed by atoms with Gasteiger partial charge in [0.2, 0.25) is 0 Å². The molecule has 0 bridgehead atoms. The Labute approximate surface area is 165 Å². The summed E-state index contributed by atoms with van der Waals surface area (Å²) < 4.78 is 94.7. The lowest BCUT2D eigenvalue weighted by Crippen LogP contribution is -2.42. The maximum atomic E-state index is 14.2. The Kier molecular flexibility index (Phi) is 7.11. The molecule has 1 aromatic carbocycles. The summed E-state index contributed by atoms with van der Waals surface area (Å²) in [6.45, 7) is 2.99. The molecule has 1 N–H and O–H groups in total. The lowest BCUT2D eigenvalue weighted by Gasteiger charge is -2.40. The Hall–Kier alpha value is -1.48. The van der Waals surface area contributed by atoms with Crippen molar-refractivity contribution in [2.24, 2.45) is 5.41 Å². The van der Waals surface area contributed by atoms with Gasteiger partial charge in [0.25, 0.3) is 0 Å². The van der Waals surface area contributed by atoms with Crippen molar-refractivity contribution in [3.05, 3.63) is 45.5 Å². The highest BCUT2D eigenvalue weighted by molar-refractivity contribution is 6.32. The van der Waals surface area contributed by atoms with Crippen molar-refractivity contribution in [3.63, 3.8) is 0 Å². The highest BCUT2D eigenvalue weighted by Crippen LogP contribution is 2.47. The summed E-state index contributed by atoms with van der Waals surface area (Å²) in [5, 5.41) is 7.22. The van der Waals surface area contributed by atoms with Gasteiger partial charge in [-0.05, 0) is 18.4 Å². The van der Waals surface area contributed by atoms with Crippen molar-refractivity contribution < 1.29 is 40.6 Å². The van der Waals surface area contributed by atoms with Crippen LogP contribution in [0.15, 0.2) is 11.1 Å². The molecule has 0 aliphatic carbocycles. The van der Waals surface area contributed by atoms with Crippen LogP contribution in [-0.4, -0.2) is 22.1 Å². The standard InChI is InChI=1S/C17H15Cl2F7O2/c1-7-11(20)13(22)8(14(23)12(7)21)4-16(19,5-9(18)17(24,25)26)15(2,3)6-10(27)28/h5H,4,6H2,1-3H3,(H,27,28). The molecule has 11 heteroatoms. The Morgan fingerprint density at radius 3 is 1.82 bits per heavy atom. The lowest BCUT2D eigenvalue weighted by atomic mass is 9.72. The van der Waals surface area contributed by atoms with Gasteiger partial charge in [0, 0.05) is 17.5 Å². The zero-order chi connectivity index (χ0) is 22.2. The van der Waals surface area contributed by atoms with Gasteiger partial charge in [-0.3, -0.25) is 4.79 Å². The smallest absolute Gasteiger partial charge is 0.426 e. The van der Waals surface area contributed by atoms with Gasteiger partial charge in [-0.2, -0.15) is 13.2 Å². The molecule has 0 aliphatic rings. The number of hydrogen-bond donors (Lipinski definition) is 1. The Bertz CT molecular complexity index is 790.